The molecule has 0 bridgehead atoms. The predicted octanol–water partition coefficient (Wildman–Crippen LogP) is 5.46. The summed E-state index contributed by atoms with van der Waals surface area (Å²) in [5.41, 5.74) is 2.25. The molecule has 3 aromatic carbocycles. The van der Waals surface area contributed by atoms with Crippen molar-refractivity contribution < 1.29 is 17.9 Å². The van der Waals surface area contributed by atoms with Crippen LogP contribution in [0.25, 0.3) is 10.2 Å². The Morgan fingerprint density at radius 2 is 1.73 bits per heavy atom. The van der Waals surface area contributed by atoms with Crippen molar-refractivity contribution in [3.63, 3.8) is 0 Å². The summed E-state index contributed by atoms with van der Waals surface area (Å²) >= 11 is 1.43. The number of hydrogen-bond acceptors (Lipinski definition) is 5. The monoisotopic (exact) mass is 537 g/mol. The lowest BCUT2D eigenvalue weighted by molar-refractivity contribution is 0.0997. The summed E-state index contributed by atoms with van der Waals surface area (Å²) in [7, 11) is -3.71. The Kier molecular flexibility index (Phi) is 8.58. The molecular weight excluding hydrogens is 506 g/mol. The molecule has 0 aliphatic rings. The van der Waals surface area contributed by atoms with Gasteiger partial charge in [0, 0.05) is 25.2 Å². The maximum Gasteiger partial charge on any atom is 0.279 e. The van der Waals surface area contributed by atoms with E-state index in [1.165, 1.54) is 39.9 Å². The van der Waals surface area contributed by atoms with Crippen molar-refractivity contribution in [1.82, 2.24) is 8.87 Å². The van der Waals surface area contributed by atoms with E-state index in [1.807, 2.05) is 66.9 Å². The van der Waals surface area contributed by atoms with Gasteiger partial charge in [-0.05, 0) is 61.4 Å². The second-order valence-electron chi connectivity index (χ2n) is 8.46. The van der Waals surface area contributed by atoms with E-state index < -0.39 is 15.9 Å². The van der Waals surface area contributed by atoms with Gasteiger partial charge < -0.3 is 9.30 Å². The zero-order valence-electron chi connectivity index (χ0n) is 21.3. The minimum absolute atomic E-state index is 0.146. The standard InChI is InChI=1S/C28H31N3O4S2/c1-4-18-31-25-17-14-23(35-6-3)19-26(25)36-28(31)29-27(32)22-12-15-24(16-13-22)37(33,34)30(5-2)20-21-10-8-7-9-11-21/h7-17,19H,4-6,18,20H2,1-3H3. The fraction of sp³-hybridized carbons (Fsp3) is 0.286. The number of rotatable bonds is 10. The highest BCUT2D eigenvalue weighted by Crippen LogP contribution is 2.24. The lowest BCUT2D eigenvalue weighted by atomic mass is 10.2. The molecule has 1 amide bonds. The van der Waals surface area contributed by atoms with E-state index in [9.17, 15) is 13.2 Å². The highest BCUT2D eigenvalue weighted by Gasteiger charge is 2.23. The SMILES string of the molecule is CCCn1c(=NC(=O)c2ccc(S(=O)(=O)N(CC)Cc3ccccc3)cc2)sc2cc(OCC)ccc21. The van der Waals surface area contributed by atoms with E-state index >= 15 is 0 Å². The van der Waals surface area contributed by atoms with Gasteiger partial charge >= 0.3 is 0 Å². The number of hydrogen-bond donors (Lipinski definition) is 0. The minimum atomic E-state index is -3.71. The molecule has 0 spiro atoms. The van der Waals surface area contributed by atoms with Gasteiger partial charge in [-0.15, -0.1) is 0 Å². The average Bonchev–Trinajstić information content (AvgIpc) is 3.24. The van der Waals surface area contributed by atoms with Crippen LogP contribution in [0.3, 0.4) is 0 Å². The summed E-state index contributed by atoms with van der Waals surface area (Å²) in [4.78, 5) is 18.2. The molecule has 4 aromatic rings. The van der Waals surface area contributed by atoms with Crippen molar-refractivity contribution in [2.45, 2.75) is 45.2 Å². The molecule has 0 radical (unpaired) electrons. The number of nitrogens with zero attached hydrogens (tertiary/aromatic N) is 3. The fourth-order valence-electron chi connectivity index (χ4n) is 4.06. The van der Waals surface area contributed by atoms with Gasteiger partial charge in [0.05, 0.1) is 21.7 Å². The van der Waals surface area contributed by atoms with Crippen LogP contribution in [0.2, 0.25) is 0 Å². The number of carbonyl (C=O) groups is 1. The van der Waals surface area contributed by atoms with Crippen molar-refractivity contribution in [1.29, 1.82) is 0 Å². The first-order valence-electron chi connectivity index (χ1n) is 12.4. The minimum Gasteiger partial charge on any atom is -0.494 e. The maximum atomic E-state index is 13.2. The summed E-state index contributed by atoms with van der Waals surface area (Å²) in [5, 5.41) is 0. The van der Waals surface area contributed by atoms with Gasteiger partial charge in [-0.2, -0.15) is 9.30 Å². The van der Waals surface area contributed by atoms with Gasteiger partial charge in [0.25, 0.3) is 5.91 Å². The number of aryl methyl sites for hydroxylation is 1. The van der Waals surface area contributed by atoms with Crippen LogP contribution in [-0.4, -0.2) is 36.3 Å². The van der Waals surface area contributed by atoms with E-state index in [4.69, 9.17) is 4.74 Å². The van der Waals surface area contributed by atoms with E-state index in [0.717, 1.165) is 34.5 Å². The van der Waals surface area contributed by atoms with Crippen molar-refractivity contribution in [2.24, 2.45) is 4.99 Å². The van der Waals surface area contributed by atoms with Crippen LogP contribution in [0.15, 0.2) is 82.7 Å². The Morgan fingerprint density at radius 1 is 1.00 bits per heavy atom. The van der Waals surface area contributed by atoms with Crippen LogP contribution in [0, 0.1) is 0 Å². The molecular formula is C28H31N3O4S2. The van der Waals surface area contributed by atoms with Crippen LogP contribution in [0.1, 0.15) is 43.1 Å². The second kappa shape index (κ2) is 11.9. The number of aromatic nitrogens is 1. The molecule has 0 aliphatic heterocycles. The van der Waals surface area contributed by atoms with Crippen LogP contribution in [0.5, 0.6) is 5.75 Å². The normalized spacial score (nSPS) is 12.4. The van der Waals surface area contributed by atoms with Gasteiger partial charge in [-0.25, -0.2) is 8.42 Å². The quantitative estimate of drug-likeness (QED) is 0.269. The number of carbonyl (C=O) groups excluding carboxylic acids is 1. The highest BCUT2D eigenvalue weighted by molar-refractivity contribution is 7.89. The third kappa shape index (κ3) is 6.01. The van der Waals surface area contributed by atoms with Crippen molar-refractivity contribution in [3.8, 4) is 5.75 Å². The van der Waals surface area contributed by atoms with Gasteiger partial charge in [0.15, 0.2) is 4.80 Å². The van der Waals surface area contributed by atoms with Gasteiger partial charge in [0.1, 0.15) is 5.75 Å². The first-order valence-corrected chi connectivity index (χ1v) is 14.6. The zero-order chi connectivity index (χ0) is 26.4. The second-order valence-corrected chi connectivity index (χ2v) is 11.4. The Balaban J connectivity index is 1.61. The van der Waals surface area contributed by atoms with Crippen LogP contribution < -0.4 is 9.54 Å². The first-order chi connectivity index (χ1) is 17.9. The average molecular weight is 538 g/mol. The molecule has 1 aromatic heterocycles. The molecule has 4 rings (SSSR count). The highest BCUT2D eigenvalue weighted by atomic mass is 32.2. The van der Waals surface area contributed by atoms with Crippen molar-refractivity contribution >= 4 is 37.5 Å². The number of thiazole rings is 1. The zero-order valence-corrected chi connectivity index (χ0v) is 22.9. The van der Waals surface area contributed by atoms with Crippen LogP contribution >= 0.6 is 11.3 Å². The van der Waals surface area contributed by atoms with E-state index in [2.05, 4.69) is 11.9 Å². The lowest BCUT2D eigenvalue weighted by Crippen LogP contribution is -2.30. The molecule has 37 heavy (non-hydrogen) atoms. The number of amides is 1. The van der Waals surface area contributed by atoms with E-state index in [1.54, 1.807) is 0 Å². The van der Waals surface area contributed by atoms with E-state index in [-0.39, 0.29) is 11.4 Å². The topological polar surface area (TPSA) is 81.0 Å². The Hall–Kier alpha value is -3.27. The molecule has 0 atom stereocenters. The molecule has 194 valence electrons. The number of sulfonamides is 1. The largest absolute Gasteiger partial charge is 0.494 e. The summed E-state index contributed by atoms with van der Waals surface area (Å²) in [6, 6.07) is 21.4. The summed E-state index contributed by atoms with van der Waals surface area (Å²) in [6.45, 7) is 7.75. The van der Waals surface area contributed by atoms with E-state index in [0.29, 0.717) is 23.5 Å². The smallest absolute Gasteiger partial charge is 0.279 e. The molecule has 0 saturated carbocycles. The molecule has 7 nitrogen and oxygen atoms in total. The third-order valence-electron chi connectivity index (χ3n) is 5.90. The molecule has 0 unspecified atom stereocenters. The summed E-state index contributed by atoms with van der Waals surface area (Å²) in [5.74, 6) is 0.366. The van der Waals surface area contributed by atoms with Crippen molar-refractivity contribution in [3.05, 3.63) is 88.7 Å². The third-order valence-corrected chi connectivity index (χ3v) is 8.88. The van der Waals surface area contributed by atoms with Crippen LogP contribution in [-0.2, 0) is 23.1 Å². The maximum absolute atomic E-state index is 13.2. The first kappa shape index (κ1) is 26.8. The lowest BCUT2D eigenvalue weighted by Gasteiger charge is -2.20. The molecule has 0 saturated heterocycles. The Morgan fingerprint density at radius 3 is 2.38 bits per heavy atom. The van der Waals surface area contributed by atoms with Gasteiger partial charge in [0.2, 0.25) is 10.0 Å². The summed E-state index contributed by atoms with van der Waals surface area (Å²) in [6.07, 6.45) is 0.893. The fourth-order valence-corrected chi connectivity index (χ4v) is 6.58. The molecule has 1 heterocycles. The van der Waals surface area contributed by atoms with Crippen molar-refractivity contribution in [2.75, 3.05) is 13.2 Å². The molecule has 0 N–H and O–H groups in total. The van der Waals surface area contributed by atoms with Gasteiger partial charge in [-0.1, -0.05) is 55.5 Å². The molecule has 0 aliphatic carbocycles. The number of fused-ring (bicyclic) bond motifs is 1. The Labute approximate surface area is 221 Å². The summed E-state index contributed by atoms with van der Waals surface area (Å²) < 4.78 is 36.5. The molecule has 9 heteroatoms. The Bertz CT molecular complexity index is 1540. The van der Waals surface area contributed by atoms with Gasteiger partial charge in [-0.3, -0.25) is 4.79 Å². The predicted molar refractivity (Wildman–Crippen MR) is 147 cm³/mol. The number of ether oxygens (including phenoxy) is 1. The molecule has 0 fully saturated rings. The number of benzene rings is 3. The van der Waals surface area contributed by atoms with Crippen LogP contribution in [0.4, 0.5) is 0 Å².